The number of hydrogen-bond acceptors (Lipinski definition) is 6. The van der Waals surface area contributed by atoms with E-state index in [1.54, 1.807) is 19.1 Å². The Bertz CT molecular complexity index is 922. The van der Waals surface area contributed by atoms with Crippen molar-refractivity contribution >= 4 is 37.0 Å². The molecule has 3 rings (SSSR count). The molecule has 2 heterocycles. The first-order valence-corrected chi connectivity index (χ1v) is 7.08. The number of nitrogen functional groups attached to an aromatic ring is 1. The molecule has 1 aromatic carbocycles. The number of furan rings is 1. The summed E-state index contributed by atoms with van der Waals surface area (Å²) in [6, 6.07) is 8.03. The Morgan fingerprint density at radius 3 is 2.56 bits per heavy atom. The lowest BCUT2D eigenvalue weighted by molar-refractivity contribution is -0.137. The summed E-state index contributed by atoms with van der Waals surface area (Å²) in [5.41, 5.74) is 2.16. The largest absolute Gasteiger partial charge is 0.455 e. The normalized spacial score (nSPS) is 11.1. The number of nitrogens with one attached hydrogen (secondary N) is 1. The molecule has 3 aromatic rings. The summed E-state index contributed by atoms with van der Waals surface area (Å²) >= 11 is 0. The predicted molar refractivity (Wildman–Crippen MR) is 99.8 cm³/mol. The number of anilines is 1. The Balaban J connectivity index is 0.00000182. The van der Waals surface area contributed by atoms with Crippen LogP contribution in [-0.2, 0) is 6.18 Å². The van der Waals surface area contributed by atoms with Gasteiger partial charge < -0.3 is 10.3 Å². The lowest BCUT2D eigenvalue weighted by atomic mass is 10.1. The highest BCUT2D eigenvalue weighted by Crippen LogP contribution is 2.32. The van der Waals surface area contributed by atoms with Crippen molar-refractivity contribution in [3.63, 3.8) is 0 Å². The molecule has 0 bridgehead atoms. The molecule has 146 valence electrons. The first kappa shape index (κ1) is 22.3. The van der Waals surface area contributed by atoms with Crippen LogP contribution in [0.5, 0.6) is 0 Å². The van der Waals surface area contributed by atoms with Gasteiger partial charge in [-0.05, 0) is 31.2 Å². The summed E-state index contributed by atoms with van der Waals surface area (Å²) in [7, 11) is 0. The minimum Gasteiger partial charge on any atom is -0.455 e. The minimum atomic E-state index is -4.41. The minimum absolute atomic E-state index is 0. The molecule has 0 saturated heterocycles. The molecule has 0 spiro atoms. The molecule has 0 saturated carbocycles. The smallest absolute Gasteiger partial charge is 0.416 e. The van der Waals surface area contributed by atoms with Gasteiger partial charge in [-0.3, -0.25) is 0 Å². The van der Waals surface area contributed by atoms with Crippen molar-refractivity contribution in [3.05, 3.63) is 53.5 Å². The fourth-order valence-corrected chi connectivity index (χ4v) is 2.03. The van der Waals surface area contributed by atoms with E-state index in [4.69, 9.17) is 10.3 Å². The number of alkyl halides is 3. The summed E-state index contributed by atoms with van der Waals surface area (Å²) < 4.78 is 45.0. The predicted octanol–water partition coefficient (Wildman–Crippen LogP) is 3.87. The second-order valence-electron chi connectivity index (χ2n) is 5.09. The van der Waals surface area contributed by atoms with E-state index in [0.717, 1.165) is 12.1 Å². The highest BCUT2D eigenvalue weighted by molar-refractivity contribution is 5.85. The third-order valence-corrected chi connectivity index (χ3v) is 3.32. The maximum atomic E-state index is 12.8. The van der Waals surface area contributed by atoms with Crippen LogP contribution in [0.15, 0.2) is 45.9 Å². The topological polar surface area (TPSA) is 94.3 Å². The van der Waals surface area contributed by atoms with E-state index < -0.39 is 11.7 Å². The zero-order valence-electron chi connectivity index (χ0n) is 13.8. The number of rotatable bonds is 4. The fourth-order valence-electron chi connectivity index (χ4n) is 2.03. The van der Waals surface area contributed by atoms with Gasteiger partial charge in [0.1, 0.15) is 11.5 Å². The van der Waals surface area contributed by atoms with Crippen molar-refractivity contribution in [3.8, 4) is 11.3 Å². The average molecular weight is 423 g/mol. The number of nitrogens with zero attached hydrogens (tertiary/aromatic N) is 4. The Morgan fingerprint density at radius 1 is 1.19 bits per heavy atom. The summed E-state index contributed by atoms with van der Waals surface area (Å²) in [5, 5.41) is 11.4. The first-order chi connectivity index (χ1) is 11.8. The van der Waals surface area contributed by atoms with Crippen LogP contribution < -0.4 is 11.3 Å². The van der Waals surface area contributed by atoms with Crippen molar-refractivity contribution in [1.82, 2.24) is 14.9 Å². The molecule has 0 radical (unpaired) electrons. The molecule has 0 aliphatic rings. The number of aryl methyl sites for hydroxylation is 1. The number of hydrogen-bond donors (Lipinski definition) is 2. The highest BCUT2D eigenvalue weighted by Gasteiger charge is 2.30. The monoisotopic (exact) mass is 422 g/mol. The van der Waals surface area contributed by atoms with Gasteiger partial charge in [0.05, 0.1) is 11.8 Å². The highest BCUT2D eigenvalue weighted by atomic mass is 35.5. The molecule has 0 atom stereocenters. The number of aromatic nitrogens is 3. The van der Waals surface area contributed by atoms with Gasteiger partial charge in [-0.1, -0.05) is 12.1 Å². The van der Waals surface area contributed by atoms with Gasteiger partial charge in [0.15, 0.2) is 5.82 Å². The van der Waals surface area contributed by atoms with Gasteiger partial charge >= 0.3 is 6.18 Å². The zero-order valence-corrected chi connectivity index (χ0v) is 15.4. The standard InChI is InChI=1S/C15H13F3N6O.2ClH/c1-9-21-23-14(24(9)19)22-20-8-12-5-6-13(25-12)10-3-2-4-11(7-10)15(16,17)18;;/h2-8H,19H2,1H3,(H,22,23);2*1H. The van der Waals surface area contributed by atoms with Gasteiger partial charge in [-0.2, -0.15) is 18.3 Å². The molecule has 12 heteroatoms. The maximum absolute atomic E-state index is 12.8. The van der Waals surface area contributed by atoms with Crippen LogP contribution >= 0.6 is 24.8 Å². The van der Waals surface area contributed by atoms with E-state index in [1.165, 1.54) is 23.0 Å². The first-order valence-electron chi connectivity index (χ1n) is 7.08. The summed E-state index contributed by atoms with van der Waals surface area (Å²) in [5.74, 6) is 7.03. The molecule has 0 aliphatic heterocycles. The molecule has 27 heavy (non-hydrogen) atoms. The summed E-state index contributed by atoms with van der Waals surface area (Å²) in [6.07, 6.45) is -3.06. The summed E-state index contributed by atoms with van der Waals surface area (Å²) in [4.78, 5) is 0. The van der Waals surface area contributed by atoms with Crippen LogP contribution in [0.1, 0.15) is 17.1 Å². The molecule has 0 amide bonds. The third kappa shape index (κ3) is 5.14. The maximum Gasteiger partial charge on any atom is 0.416 e. The molecule has 7 nitrogen and oxygen atoms in total. The van der Waals surface area contributed by atoms with Crippen molar-refractivity contribution in [2.45, 2.75) is 13.1 Å². The van der Waals surface area contributed by atoms with Gasteiger partial charge in [-0.15, -0.1) is 35.0 Å². The second kappa shape index (κ2) is 8.78. The molecular formula is C15H15Cl2F3N6O. The van der Waals surface area contributed by atoms with Crippen LogP contribution in [0.25, 0.3) is 11.3 Å². The van der Waals surface area contributed by atoms with Crippen LogP contribution in [0, 0.1) is 6.92 Å². The van der Waals surface area contributed by atoms with Crippen molar-refractivity contribution in [2.75, 3.05) is 11.3 Å². The van der Waals surface area contributed by atoms with Gasteiger partial charge in [0, 0.05) is 5.56 Å². The lowest BCUT2D eigenvalue weighted by Gasteiger charge is -2.07. The van der Waals surface area contributed by atoms with Crippen molar-refractivity contribution < 1.29 is 17.6 Å². The Labute approximate surface area is 164 Å². The van der Waals surface area contributed by atoms with E-state index in [-0.39, 0.29) is 30.8 Å². The molecule has 2 aromatic heterocycles. The number of halogens is 5. The Hall–Kier alpha value is -2.72. The van der Waals surface area contributed by atoms with E-state index in [2.05, 4.69) is 20.7 Å². The Kier molecular flexibility index (Phi) is 7.26. The SMILES string of the molecule is Cc1nnc(NN=Cc2ccc(-c3cccc(C(F)(F)F)c3)o2)n1N.Cl.Cl. The van der Waals surface area contributed by atoms with Crippen molar-refractivity contribution in [2.24, 2.45) is 5.10 Å². The lowest BCUT2D eigenvalue weighted by Crippen LogP contribution is -2.13. The molecule has 0 aliphatic carbocycles. The second-order valence-corrected chi connectivity index (χ2v) is 5.09. The fraction of sp³-hybridized carbons (Fsp3) is 0.133. The van der Waals surface area contributed by atoms with Crippen molar-refractivity contribution in [1.29, 1.82) is 0 Å². The Morgan fingerprint density at radius 2 is 1.93 bits per heavy atom. The number of benzene rings is 1. The van der Waals surface area contributed by atoms with E-state index in [9.17, 15) is 13.2 Å². The van der Waals surface area contributed by atoms with Crippen LogP contribution in [0.4, 0.5) is 19.1 Å². The van der Waals surface area contributed by atoms with E-state index in [1.807, 2.05) is 0 Å². The summed E-state index contributed by atoms with van der Waals surface area (Å²) in [6.45, 7) is 1.68. The molecular weight excluding hydrogens is 408 g/mol. The quantitative estimate of drug-likeness (QED) is 0.378. The van der Waals surface area contributed by atoms with Gasteiger partial charge in [0.2, 0.25) is 0 Å². The van der Waals surface area contributed by atoms with E-state index in [0.29, 0.717) is 22.9 Å². The van der Waals surface area contributed by atoms with Crippen LogP contribution in [-0.4, -0.2) is 21.1 Å². The number of hydrazone groups is 1. The van der Waals surface area contributed by atoms with E-state index >= 15 is 0 Å². The zero-order chi connectivity index (χ0) is 18.0. The van der Waals surface area contributed by atoms with Gasteiger partial charge in [0.25, 0.3) is 5.95 Å². The van der Waals surface area contributed by atoms with Crippen LogP contribution in [0.2, 0.25) is 0 Å². The number of nitrogens with two attached hydrogens (primary N) is 1. The molecule has 0 unspecified atom stereocenters. The average Bonchev–Trinajstić information content (AvgIpc) is 3.16. The third-order valence-electron chi connectivity index (χ3n) is 3.32. The molecule has 3 N–H and O–H groups in total. The molecule has 0 fully saturated rings. The van der Waals surface area contributed by atoms with Gasteiger partial charge in [-0.25, -0.2) is 10.1 Å². The van der Waals surface area contributed by atoms with Crippen LogP contribution in [0.3, 0.4) is 0 Å².